The van der Waals surface area contributed by atoms with Crippen LogP contribution in [0.3, 0.4) is 0 Å². The monoisotopic (exact) mass is 260 g/mol. The highest BCUT2D eigenvalue weighted by Gasteiger charge is 2.24. The Balaban J connectivity index is 2.32. The minimum Gasteiger partial charge on any atom is -0.314 e. The minimum atomic E-state index is 0.604. The first-order chi connectivity index (χ1) is 9.13. The average Bonchev–Trinajstić information content (AvgIpc) is 2.37. The second-order valence-corrected chi connectivity index (χ2v) is 5.90. The lowest BCUT2D eigenvalue weighted by atomic mass is 9.90. The van der Waals surface area contributed by atoms with Gasteiger partial charge in [0, 0.05) is 32.2 Å². The molecule has 0 amide bonds. The molecule has 0 unspecified atom stereocenters. The molecule has 1 saturated heterocycles. The molecule has 0 saturated carbocycles. The Labute approximate surface area is 118 Å². The van der Waals surface area contributed by atoms with E-state index in [9.17, 15) is 0 Å². The Hall–Kier alpha value is -0.860. The number of aryl methyl sites for hydroxylation is 3. The summed E-state index contributed by atoms with van der Waals surface area (Å²) in [5, 5.41) is 3.46. The molecule has 19 heavy (non-hydrogen) atoms. The second-order valence-electron chi connectivity index (χ2n) is 5.90. The number of rotatable bonds is 4. The number of hydrogen-bond acceptors (Lipinski definition) is 2. The number of hydrogen-bond donors (Lipinski definition) is 1. The summed E-state index contributed by atoms with van der Waals surface area (Å²) in [4.78, 5) is 2.67. The van der Waals surface area contributed by atoms with Crippen LogP contribution in [0.15, 0.2) is 12.1 Å². The van der Waals surface area contributed by atoms with Gasteiger partial charge in [-0.05, 0) is 43.9 Å². The van der Waals surface area contributed by atoms with Crippen LogP contribution in [0, 0.1) is 20.8 Å². The van der Waals surface area contributed by atoms with E-state index in [1.54, 1.807) is 5.56 Å². The zero-order valence-electron chi connectivity index (χ0n) is 12.9. The highest BCUT2D eigenvalue weighted by atomic mass is 15.2. The van der Waals surface area contributed by atoms with Gasteiger partial charge in [0.25, 0.3) is 0 Å². The van der Waals surface area contributed by atoms with Crippen molar-refractivity contribution in [2.45, 2.75) is 46.6 Å². The summed E-state index contributed by atoms with van der Waals surface area (Å²) >= 11 is 0. The van der Waals surface area contributed by atoms with Gasteiger partial charge in [-0.2, -0.15) is 0 Å². The van der Waals surface area contributed by atoms with Crippen molar-refractivity contribution >= 4 is 0 Å². The van der Waals surface area contributed by atoms with E-state index in [0.29, 0.717) is 6.04 Å². The molecule has 0 bridgehead atoms. The topological polar surface area (TPSA) is 15.3 Å². The van der Waals surface area contributed by atoms with Gasteiger partial charge < -0.3 is 5.32 Å². The quantitative estimate of drug-likeness (QED) is 0.893. The molecule has 1 aliphatic heterocycles. The summed E-state index contributed by atoms with van der Waals surface area (Å²) in [6.45, 7) is 13.7. The molecule has 2 heteroatoms. The maximum atomic E-state index is 3.46. The lowest BCUT2D eigenvalue weighted by Crippen LogP contribution is -2.45. The Morgan fingerprint density at radius 3 is 2.21 bits per heavy atom. The fraction of sp³-hybridized carbons (Fsp3) is 0.647. The zero-order chi connectivity index (χ0) is 13.8. The van der Waals surface area contributed by atoms with Gasteiger partial charge in [-0.3, -0.25) is 4.90 Å². The second kappa shape index (κ2) is 6.53. The molecule has 0 aliphatic carbocycles. The summed E-state index contributed by atoms with van der Waals surface area (Å²) < 4.78 is 0. The predicted octanol–water partition coefficient (Wildman–Crippen LogP) is 3.36. The maximum absolute atomic E-state index is 3.46. The van der Waals surface area contributed by atoms with E-state index in [1.165, 1.54) is 42.6 Å². The fourth-order valence-corrected chi connectivity index (χ4v) is 3.49. The lowest BCUT2D eigenvalue weighted by Gasteiger charge is -2.36. The van der Waals surface area contributed by atoms with Crippen LogP contribution in [0.2, 0.25) is 0 Å². The Bertz CT molecular complexity index is 396. The Morgan fingerprint density at radius 1 is 1.11 bits per heavy atom. The first-order valence-electron chi connectivity index (χ1n) is 7.66. The van der Waals surface area contributed by atoms with Gasteiger partial charge in [-0.1, -0.05) is 31.0 Å². The van der Waals surface area contributed by atoms with E-state index in [1.807, 2.05) is 0 Å². The van der Waals surface area contributed by atoms with Crippen molar-refractivity contribution in [1.82, 2.24) is 10.2 Å². The third-order valence-corrected chi connectivity index (χ3v) is 4.23. The van der Waals surface area contributed by atoms with Crippen LogP contribution in [0.4, 0.5) is 0 Å². The smallest absolute Gasteiger partial charge is 0.0354 e. The van der Waals surface area contributed by atoms with Crippen molar-refractivity contribution in [2.24, 2.45) is 0 Å². The summed E-state index contributed by atoms with van der Waals surface area (Å²) in [6, 6.07) is 5.29. The van der Waals surface area contributed by atoms with Gasteiger partial charge in [-0.25, -0.2) is 0 Å². The largest absolute Gasteiger partial charge is 0.314 e. The first kappa shape index (κ1) is 14.5. The summed E-state index contributed by atoms with van der Waals surface area (Å²) in [5.41, 5.74) is 5.90. The third-order valence-electron chi connectivity index (χ3n) is 4.23. The molecule has 1 aliphatic rings. The van der Waals surface area contributed by atoms with Gasteiger partial charge >= 0.3 is 0 Å². The molecule has 1 atom stereocenters. The van der Waals surface area contributed by atoms with Gasteiger partial charge in [0.15, 0.2) is 0 Å². The Kier molecular flexibility index (Phi) is 5.00. The van der Waals surface area contributed by atoms with Gasteiger partial charge in [0.05, 0.1) is 0 Å². The normalized spacial score (nSPS) is 18.5. The van der Waals surface area contributed by atoms with Crippen LogP contribution >= 0.6 is 0 Å². The zero-order valence-corrected chi connectivity index (χ0v) is 12.9. The van der Waals surface area contributed by atoms with Crippen LogP contribution in [0.5, 0.6) is 0 Å². The molecule has 1 aromatic carbocycles. The van der Waals surface area contributed by atoms with E-state index in [4.69, 9.17) is 0 Å². The number of nitrogens with zero attached hydrogens (tertiary/aromatic N) is 1. The van der Waals surface area contributed by atoms with Gasteiger partial charge in [0.1, 0.15) is 0 Å². The molecular weight excluding hydrogens is 232 g/mol. The van der Waals surface area contributed by atoms with Crippen molar-refractivity contribution in [3.05, 3.63) is 34.4 Å². The summed E-state index contributed by atoms with van der Waals surface area (Å²) in [6.07, 6.45) is 2.52. The van der Waals surface area contributed by atoms with Crippen LogP contribution in [-0.2, 0) is 0 Å². The highest BCUT2D eigenvalue weighted by Crippen LogP contribution is 2.31. The van der Waals surface area contributed by atoms with E-state index >= 15 is 0 Å². The summed E-state index contributed by atoms with van der Waals surface area (Å²) in [7, 11) is 0. The van der Waals surface area contributed by atoms with Crippen LogP contribution in [-0.4, -0.2) is 31.1 Å². The third kappa shape index (κ3) is 3.37. The molecule has 106 valence electrons. The summed E-state index contributed by atoms with van der Waals surface area (Å²) in [5.74, 6) is 0. The number of nitrogens with one attached hydrogen (secondary N) is 1. The van der Waals surface area contributed by atoms with E-state index < -0.39 is 0 Å². The van der Waals surface area contributed by atoms with Gasteiger partial charge in [-0.15, -0.1) is 0 Å². The predicted molar refractivity (Wildman–Crippen MR) is 82.7 cm³/mol. The van der Waals surface area contributed by atoms with Crippen molar-refractivity contribution in [3.63, 3.8) is 0 Å². The van der Waals surface area contributed by atoms with E-state index in [0.717, 1.165) is 13.1 Å². The lowest BCUT2D eigenvalue weighted by molar-refractivity contribution is 0.163. The standard InChI is InChI=1S/C17H28N2/c1-5-6-16(19-9-7-18-8-10-19)17-14(3)11-13(2)12-15(17)4/h11-12,16,18H,5-10H2,1-4H3/t16-/m1/s1. The molecule has 1 N–H and O–H groups in total. The van der Waals surface area contributed by atoms with Gasteiger partial charge in [0.2, 0.25) is 0 Å². The SMILES string of the molecule is CCC[C@H](c1c(C)cc(C)cc1C)N1CCNCC1. The fourth-order valence-electron chi connectivity index (χ4n) is 3.49. The van der Waals surface area contributed by atoms with Crippen LogP contribution in [0.25, 0.3) is 0 Å². The molecule has 0 aromatic heterocycles. The molecule has 1 heterocycles. The van der Waals surface area contributed by atoms with Crippen LogP contribution in [0.1, 0.15) is 48.1 Å². The van der Waals surface area contributed by atoms with Crippen molar-refractivity contribution in [1.29, 1.82) is 0 Å². The van der Waals surface area contributed by atoms with Crippen LogP contribution < -0.4 is 5.32 Å². The molecule has 1 aromatic rings. The van der Waals surface area contributed by atoms with E-state index in [2.05, 4.69) is 50.0 Å². The molecule has 0 radical (unpaired) electrons. The van der Waals surface area contributed by atoms with Crippen molar-refractivity contribution < 1.29 is 0 Å². The average molecular weight is 260 g/mol. The highest BCUT2D eigenvalue weighted by molar-refractivity contribution is 5.39. The molecule has 0 spiro atoms. The molecular formula is C17H28N2. The number of piperazine rings is 1. The first-order valence-corrected chi connectivity index (χ1v) is 7.66. The molecule has 2 nitrogen and oxygen atoms in total. The minimum absolute atomic E-state index is 0.604. The van der Waals surface area contributed by atoms with E-state index in [-0.39, 0.29) is 0 Å². The molecule has 2 rings (SSSR count). The van der Waals surface area contributed by atoms with Crippen molar-refractivity contribution in [2.75, 3.05) is 26.2 Å². The Morgan fingerprint density at radius 2 is 1.68 bits per heavy atom. The number of benzene rings is 1. The van der Waals surface area contributed by atoms with Crippen molar-refractivity contribution in [3.8, 4) is 0 Å². The molecule has 1 fully saturated rings. The maximum Gasteiger partial charge on any atom is 0.0354 e.